The first kappa shape index (κ1) is 20.7. The number of rotatable bonds is 8. The van der Waals surface area contributed by atoms with E-state index in [1.54, 1.807) is 0 Å². The van der Waals surface area contributed by atoms with Crippen LogP contribution in [-0.4, -0.2) is 45.8 Å². The molecule has 0 radical (unpaired) electrons. The summed E-state index contributed by atoms with van der Waals surface area (Å²) >= 11 is 0. The molecule has 0 aliphatic heterocycles. The van der Waals surface area contributed by atoms with Gasteiger partial charge in [0.2, 0.25) is 10.0 Å². The van der Waals surface area contributed by atoms with Gasteiger partial charge >= 0.3 is 0 Å². The number of nitrogens with one attached hydrogen (secondary N) is 3. The van der Waals surface area contributed by atoms with Crippen molar-refractivity contribution >= 4 is 16.0 Å². The van der Waals surface area contributed by atoms with Crippen molar-refractivity contribution < 1.29 is 8.42 Å². The molecule has 0 bridgehead atoms. The van der Waals surface area contributed by atoms with Crippen LogP contribution in [0.1, 0.15) is 45.6 Å². The Labute approximate surface area is 157 Å². The molecule has 1 fully saturated rings. The molecule has 0 amide bonds. The van der Waals surface area contributed by atoms with Gasteiger partial charge in [0.05, 0.1) is 12.8 Å². The highest BCUT2D eigenvalue weighted by molar-refractivity contribution is 7.88. The summed E-state index contributed by atoms with van der Waals surface area (Å²) < 4.78 is 25.6. The third-order valence-electron chi connectivity index (χ3n) is 4.73. The van der Waals surface area contributed by atoms with E-state index in [-0.39, 0.29) is 5.41 Å². The Morgan fingerprint density at radius 1 is 1.19 bits per heavy atom. The lowest BCUT2D eigenvalue weighted by Crippen LogP contribution is -2.50. The smallest absolute Gasteiger partial charge is 0.209 e. The van der Waals surface area contributed by atoms with Crippen LogP contribution >= 0.6 is 0 Å². The number of aliphatic imine (C=N–C) groups is 1. The van der Waals surface area contributed by atoms with E-state index in [2.05, 4.69) is 44.6 Å². The minimum atomic E-state index is -3.27. The van der Waals surface area contributed by atoms with Crippen LogP contribution in [0.25, 0.3) is 0 Å². The number of guanidine groups is 1. The molecule has 146 valence electrons. The number of nitrogens with zero attached hydrogens (tertiary/aromatic N) is 1. The fraction of sp³-hybridized carbons (Fsp3) is 0.632. The van der Waals surface area contributed by atoms with Gasteiger partial charge in [0.15, 0.2) is 5.96 Å². The molecule has 3 N–H and O–H groups in total. The molecule has 0 atom stereocenters. The summed E-state index contributed by atoms with van der Waals surface area (Å²) in [4.78, 5) is 4.59. The van der Waals surface area contributed by atoms with E-state index in [1.807, 2.05) is 26.8 Å². The highest BCUT2D eigenvalue weighted by Crippen LogP contribution is 2.43. The summed E-state index contributed by atoms with van der Waals surface area (Å²) in [6.07, 6.45) is 4.76. The van der Waals surface area contributed by atoms with Crippen molar-refractivity contribution in [1.82, 2.24) is 15.4 Å². The molecular weight excluding hydrogens is 348 g/mol. The highest BCUT2D eigenvalue weighted by Gasteiger charge is 2.38. The van der Waals surface area contributed by atoms with Crippen LogP contribution in [0.15, 0.2) is 35.3 Å². The second-order valence-electron chi connectivity index (χ2n) is 7.81. The first-order valence-corrected chi connectivity index (χ1v) is 11.1. The van der Waals surface area contributed by atoms with Gasteiger partial charge in [-0.2, -0.15) is 0 Å². The zero-order valence-corrected chi connectivity index (χ0v) is 17.1. The lowest BCUT2D eigenvalue weighted by Gasteiger charge is -2.43. The summed E-state index contributed by atoms with van der Waals surface area (Å²) in [6, 6.07) is 10.6. The van der Waals surface area contributed by atoms with E-state index in [0.717, 1.165) is 19.0 Å². The predicted octanol–water partition coefficient (Wildman–Crippen LogP) is 1.99. The summed E-state index contributed by atoms with van der Waals surface area (Å²) in [6.45, 7) is 7.62. The van der Waals surface area contributed by atoms with Crippen LogP contribution in [-0.2, 0) is 15.4 Å². The normalized spacial score (nSPS) is 17.5. The van der Waals surface area contributed by atoms with Crippen molar-refractivity contribution in [3.8, 4) is 0 Å². The van der Waals surface area contributed by atoms with Crippen LogP contribution < -0.4 is 15.4 Å². The zero-order chi connectivity index (χ0) is 19.3. The van der Waals surface area contributed by atoms with E-state index in [4.69, 9.17) is 0 Å². The molecule has 7 heteroatoms. The molecular formula is C19H32N4O2S. The Hall–Kier alpha value is -1.60. The minimum Gasteiger partial charge on any atom is -0.357 e. The van der Waals surface area contributed by atoms with Crippen molar-refractivity contribution in [2.45, 2.75) is 51.0 Å². The monoisotopic (exact) mass is 380 g/mol. The molecule has 6 nitrogen and oxygen atoms in total. The highest BCUT2D eigenvalue weighted by atomic mass is 32.2. The second kappa shape index (κ2) is 8.39. The lowest BCUT2D eigenvalue weighted by atomic mass is 9.64. The maximum atomic E-state index is 11.5. The molecule has 1 aliphatic rings. The van der Waals surface area contributed by atoms with Crippen LogP contribution in [0.2, 0.25) is 0 Å². The summed E-state index contributed by atoms with van der Waals surface area (Å²) in [5.41, 5.74) is 0.898. The van der Waals surface area contributed by atoms with Crippen LogP contribution in [0, 0.1) is 0 Å². The van der Waals surface area contributed by atoms with Crippen molar-refractivity contribution in [2.75, 3.05) is 25.9 Å². The average Bonchev–Trinajstić information content (AvgIpc) is 2.50. The molecule has 2 rings (SSSR count). The summed E-state index contributed by atoms with van der Waals surface area (Å²) in [7, 11) is -3.27. The topological polar surface area (TPSA) is 82.6 Å². The largest absolute Gasteiger partial charge is 0.357 e. The fourth-order valence-electron chi connectivity index (χ4n) is 3.37. The first-order valence-electron chi connectivity index (χ1n) is 9.22. The van der Waals surface area contributed by atoms with Gasteiger partial charge in [0.1, 0.15) is 0 Å². The van der Waals surface area contributed by atoms with Gasteiger partial charge in [-0.05, 0) is 39.2 Å². The third-order valence-corrected chi connectivity index (χ3v) is 5.65. The van der Waals surface area contributed by atoms with E-state index >= 15 is 0 Å². The zero-order valence-electron chi connectivity index (χ0n) is 16.3. The molecule has 0 spiro atoms. The minimum absolute atomic E-state index is 0.165. The first-order chi connectivity index (χ1) is 12.2. The van der Waals surface area contributed by atoms with E-state index in [1.165, 1.54) is 31.1 Å². The van der Waals surface area contributed by atoms with Gasteiger partial charge in [0.25, 0.3) is 0 Å². The number of benzene rings is 1. The van der Waals surface area contributed by atoms with Crippen molar-refractivity contribution in [1.29, 1.82) is 0 Å². The second-order valence-corrected chi connectivity index (χ2v) is 9.56. The lowest BCUT2D eigenvalue weighted by molar-refractivity contribution is 0.244. The van der Waals surface area contributed by atoms with E-state index in [9.17, 15) is 8.42 Å². The van der Waals surface area contributed by atoms with Gasteiger partial charge in [-0.1, -0.05) is 36.8 Å². The van der Waals surface area contributed by atoms with Crippen LogP contribution in [0.3, 0.4) is 0 Å². The SMILES string of the molecule is CCNC(=NCC(C)(C)NS(C)(=O)=O)NCC1(c2ccccc2)CCC1. The maximum absolute atomic E-state index is 11.5. The van der Waals surface area contributed by atoms with Crippen molar-refractivity contribution in [3.63, 3.8) is 0 Å². The molecule has 0 aromatic heterocycles. The van der Waals surface area contributed by atoms with Gasteiger partial charge in [-0.25, -0.2) is 13.1 Å². The van der Waals surface area contributed by atoms with E-state index in [0.29, 0.717) is 6.54 Å². The molecule has 1 saturated carbocycles. The molecule has 0 heterocycles. The number of hydrogen-bond donors (Lipinski definition) is 3. The third kappa shape index (κ3) is 5.99. The van der Waals surface area contributed by atoms with Crippen molar-refractivity contribution in [3.05, 3.63) is 35.9 Å². The van der Waals surface area contributed by atoms with Gasteiger partial charge in [-0.15, -0.1) is 0 Å². The Morgan fingerprint density at radius 2 is 1.85 bits per heavy atom. The molecule has 1 aromatic rings. The summed E-state index contributed by atoms with van der Waals surface area (Å²) in [5, 5.41) is 6.71. The Bertz CT molecular complexity index is 710. The standard InChI is InChI=1S/C19H32N4O2S/c1-5-20-17(21-14-18(2,3)23-26(4,24)25)22-15-19(12-9-13-19)16-10-7-6-8-11-16/h6-8,10-11,23H,5,9,12-15H2,1-4H3,(H2,20,21,22). The van der Waals surface area contributed by atoms with Crippen LogP contribution in [0.4, 0.5) is 0 Å². The molecule has 26 heavy (non-hydrogen) atoms. The molecule has 1 aromatic carbocycles. The molecule has 0 saturated heterocycles. The van der Waals surface area contributed by atoms with Crippen molar-refractivity contribution in [2.24, 2.45) is 4.99 Å². The van der Waals surface area contributed by atoms with Gasteiger partial charge in [-0.3, -0.25) is 4.99 Å². The number of sulfonamides is 1. The quantitative estimate of drug-likeness (QED) is 0.476. The molecule has 0 unspecified atom stereocenters. The van der Waals surface area contributed by atoms with Crippen LogP contribution in [0.5, 0.6) is 0 Å². The predicted molar refractivity (Wildman–Crippen MR) is 108 cm³/mol. The maximum Gasteiger partial charge on any atom is 0.209 e. The van der Waals surface area contributed by atoms with E-state index < -0.39 is 15.6 Å². The van der Waals surface area contributed by atoms with Gasteiger partial charge in [0, 0.05) is 24.0 Å². The Kier molecular flexibility index (Phi) is 6.69. The summed E-state index contributed by atoms with van der Waals surface area (Å²) in [5.74, 6) is 0.720. The fourth-order valence-corrected chi connectivity index (χ4v) is 4.44. The Balaban J connectivity index is 2.03. The number of hydrogen-bond acceptors (Lipinski definition) is 3. The Morgan fingerprint density at radius 3 is 2.35 bits per heavy atom. The van der Waals surface area contributed by atoms with Gasteiger partial charge < -0.3 is 10.6 Å². The average molecular weight is 381 g/mol. The molecule has 1 aliphatic carbocycles.